The third kappa shape index (κ3) is 2.48. The predicted octanol–water partition coefficient (Wildman–Crippen LogP) is 3.08. The molecular formula is C17H16N2O. The van der Waals surface area contributed by atoms with E-state index in [4.69, 9.17) is 0 Å². The smallest absolute Gasteiger partial charge is 0.270 e. The maximum Gasteiger partial charge on any atom is 0.270 e. The van der Waals surface area contributed by atoms with Gasteiger partial charge < -0.3 is 4.98 Å². The molecule has 0 aliphatic rings. The van der Waals surface area contributed by atoms with Gasteiger partial charge in [-0.1, -0.05) is 43.3 Å². The number of H-pyrrole nitrogens is 1. The van der Waals surface area contributed by atoms with Crippen LogP contribution in [-0.4, -0.2) is 9.97 Å². The van der Waals surface area contributed by atoms with E-state index in [1.54, 1.807) is 0 Å². The Bertz CT molecular complexity index is 788. The maximum absolute atomic E-state index is 12.0. The minimum absolute atomic E-state index is 0.108. The zero-order chi connectivity index (χ0) is 13.9. The molecule has 100 valence electrons. The molecule has 3 nitrogen and oxygen atoms in total. The molecule has 3 rings (SSSR count). The molecule has 0 saturated heterocycles. The van der Waals surface area contributed by atoms with Gasteiger partial charge in [0.1, 0.15) is 5.69 Å². The van der Waals surface area contributed by atoms with Gasteiger partial charge in [0.25, 0.3) is 5.56 Å². The van der Waals surface area contributed by atoms with E-state index < -0.39 is 0 Å². The lowest BCUT2D eigenvalue weighted by Gasteiger charge is -2.04. The molecule has 0 saturated carbocycles. The van der Waals surface area contributed by atoms with Gasteiger partial charge in [0.15, 0.2) is 0 Å². The fraction of sp³-hybridized carbons (Fsp3) is 0.176. The average molecular weight is 264 g/mol. The summed E-state index contributed by atoms with van der Waals surface area (Å²) in [6, 6.07) is 15.9. The Labute approximate surface area is 117 Å². The zero-order valence-electron chi connectivity index (χ0n) is 11.4. The number of benzene rings is 2. The van der Waals surface area contributed by atoms with Gasteiger partial charge in [0, 0.05) is 6.42 Å². The van der Waals surface area contributed by atoms with Crippen molar-refractivity contribution in [2.45, 2.75) is 19.8 Å². The van der Waals surface area contributed by atoms with Crippen molar-refractivity contribution in [1.82, 2.24) is 9.97 Å². The van der Waals surface area contributed by atoms with Gasteiger partial charge in [-0.25, -0.2) is 4.98 Å². The highest BCUT2D eigenvalue weighted by atomic mass is 16.1. The summed E-state index contributed by atoms with van der Waals surface area (Å²) in [6.45, 7) is 2.13. The first-order chi connectivity index (χ1) is 9.76. The normalized spacial score (nSPS) is 10.8. The largest absolute Gasteiger partial charge is 0.319 e. The van der Waals surface area contributed by atoms with E-state index in [-0.39, 0.29) is 5.56 Å². The molecular weight excluding hydrogens is 248 g/mol. The second kappa shape index (κ2) is 5.29. The minimum Gasteiger partial charge on any atom is -0.319 e. The van der Waals surface area contributed by atoms with Gasteiger partial charge >= 0.3 is 0 Å². The van der Waals surface area contributed by atoms with E-state index in [9.17, 15) is 4.79 Å². The number of nitrogens with one attached hydrogen (secondary N) is 1. The standard InChI is InChI=1S/C17H16N2O/c1-2-12-7-9-13(10-8-12)11-16-17(20)19-15-6-4-3-5-14(15)18-16/h3-10H,2,11H2,1H3,(H,19,20). The molecule has 1 N–H and O–H groups in total. The fourth-order valence-corrected chi connectivity index (χ4v) is 2.27. The third-order valence-corrected chi connectivity index (χ3v) is 3.47. The molecule has 0 atom stereocenters. The maximum atomic E-state index is 12.0. The van der Waals surface area contributed by atoms with Crippen molar-refractivity contribution in [2.24, 2.45) is 0 Å². The second-order valence-corrected chi connectivity index (χ2v) is 4.88. The van der Waals surface area contributed by atoms with Crippen LogP contribution in [0.4, 0.5) is 0 Å². The summed E-state index contributed by atoms with van der Waals surface area (Å²) in [5.41, 5.74) is 4.47. The molecule has 0 aliphatic heterocycles. The van der Waals surface area contributed by atoms with E-state index in [2.05, 4.69) is 41.2 Å². The van der Waals surface area contributed by atoms with Crippen molar-refractivity contribution in [3.8, 4) is 0 Å². The summed E-state index contributed by atoms with van der Waals surface area (Å²) in [5.74, 6) is 0. The van der Waals surface area contributed by atoms with Gasteiger partial charge in [-0.3, -0.25) is 4.79 Å². The molecule has 2 aromatic carbocycles. The molecule has 0 amide bonds. The Morgan fingerprint density at radius 3 is 2.45 bits per heavy atom. The van der Waals surface area contributed by atoms with Crippen LogP contribution in [0.3, 0.4) is 0 Å². The van der Waals surface area contributed by atoms with Crippen LogP contribution in [0.25, 0.3) is 11.0 Å². The average Bonchev–Trinajstić information content (AvgIpc) is 2.49. The molecule has 0 unspecified atom stereocenters. The fourth-order valence-electron chi connectivity index (χ4n) is 2.27. The number of nitrogens with zero attached hydrogens (tertiary/aromatic N) is 1. The van der Waals surface area contributed by atoms with Gasteiger partial charge in [-0.2, -0.15) is 0 Å². The quantitative estimate of drug-likeness (QED) is 0.790. The number of aromatic nitrogens is 2. The molecule has 0 radical (unpaired) electrons. The van der Waals surface area contributed by atoms with Crippen LogP contribution >= 0.6 is 0 Å². The highest BCUT2D eigenvalue weighted by Crippen LogP contribution is 2.10. The lowest BCUT2D eigenvalue weighted by atomic mass is 10.1. The number of hydrogen-bond acceptors (Lipinski definition) is 2. The van der Waals surface area contributed by atoms with Crippen LogP contribution in [0, 0.1) is 0 Å². The molecule has 20 heavy (non-hydrogen) atoms. The summed E-state index contributed by atoms with van der Waals surface area (Å²) in [5, 5.41) is 0. The zero-order valence-corrected chi connectivity index (χ0v) is 11.4. The van der Waals surface area contributed by atoms with Gasteiger partial charge in [0.05, 0.1) is 11.0 Å². The first-order valence-corrected chi connectivity index (χ1v) is 6.82. The van der Waals surface area contributed by atoms with E-state index in [1.165, 1.54) is 5.56 Å². The van der Waals surface area contributed by atoms with Crippen molar-refractivity contribution in [2.75, 3.05) is 0 Å². The summed E-state index contributed by atoms with van der Waals surface area (Å²) < 4.78 is 0. The molecule has 0 spiro atoms. The third-order valence-electron chi connectivity index (χ3n) is 3.47. The van der Waals surface area contributed by atoms with E-state index >= 15 is 0 Å². The van der Waals surface area contributed by atoms with Crippen molar-refractivity contribution in [3.63, 3.8) is 0 Å². The molecule has 1 heterocycles. The summed E-state index contributed by atoms with van der Waals surface area (Å²) in [7, 11) is 0. The SMILES string of the molecule is CCc1ccc(Cc2nc3ccccc3[nH]c2=O)cc1. The molecule has 3 heteroatoms. The number of hydrogen-bond donors (Lipinski definition) is 1. The van der Waals surface area contributed by atoms with Gasteiger partial charge in [-0.15, -0.1) is 0 Å². The van der Waals surface area contributed by atoms with Crippen LogP contribution in [0.2, 0.25) is 0 Å². The van der Waals surface area contributed by atoms with Crippen molar-refractivity contribution in [1.29, 1.82) is 0 Å². The Morgan fingerprint density at radius 2 is 1.70 bits per heavy atom. The van der Waals surface area contributed by atoms with Crippen LogP contribution in [0.15, 0.2) is 53.3 Å². The number of rotatable bonds is 3. The Morgan fingerprint density at radius 1 is 1.00 bits per heavy atom. The van der Waals surface area contributed by atoms with Crippen molar-refractivity contribution in [3.05, 3.63) is 75.7 Å². The predicted molar refractivity (Wildman–Crippen MR) is 81.0 cm³/mol. The van der Waals surface area contributed by atoms with Crippen LogP contribution < -0.4 is 5.56 Å². The van der Waals surface area contributed by atoms with Crippen LogP contribution in [0.5, 0.6) is 0 Å². The van der Waals surface area contributed by atoms with Gasteiger partial charge in [0.2, 0.25) is 0 Å². The number of aromatic amines is 1. The lowest BCUT2D eigenvalue weighted by molar-refractivity contribution is 1.02. The van der Waals surface area contributed by atoms with Crippen molar-refractivity contribution < 1.29 is 0 Å². The first-order valence-electron chi connectivity index (χ1n) is 6.82. The van der Waals surface area contributed by atoms with Crippen molar-refractivity contribution >= 4 is 11.0 Å². The van der Waals surface area contributed by atoms with E-state index in [0.29, 0.717) is 12.1 Å². The first kappa shape index (κ1) is 12.6. The van der Waals surface area contributed by atoms with Crippen LogP contribution in [-0.2, 0) is 12.8 Å². The molecule has 1 aromatic heterocycles. The lowest BCUT2D eigenvalue weighted by Crippen LogP contribution is -2.15. The van der Waals surface area contributed by atoms with E-state index in [1.807, 2.05) is 24.3 Å². The number of aryl methyl sites for hydroxylation is 1. The second-order valence-electron chi connectivity index (χ2n) is 4.88. The number of fused-ring (bicyclic) bond motifs is 1. The molecule has 0 aliphatic carbocycles. The highest BCUT2D eigenvalue weighted by Gasteiger charge is 2.05. The molecule has 0 fully saturated rings. The topological polar surface area (TPSA) is 45.8 Å². The Balaban J connectivity index is 1.97. The molecule has 3 aromatic rings. The Hall–Kier alpha value is -2.42. The molecule has 0 bridgehead atoms. The van der Waals surface area contributed by atoms with Crippen LogP contribution in [0.1, 0.15) is 23.7 Å². The summed E-state index contributed by atoms with van der Waals surface area (Å²) in [4.78, 5) is 19.4. The monoisotopic (exact) mass is 264 g/mol. The number of para-hydroxylation sites is 2. The highest BCUT2D eigenvalue weighted by molar-refractivity contribution is 5.73. The Kier molecular flexibility index (Phi) is 3.33. The minimum atomic E-state index is -0.108. The van der Waals surface area contributed by atoms with E-state index in [0.717, 1.165) is 23.0 Å². The van der Waals surface area contributed by atoms with Gasteiger partial charge in [-0.05, 0) is 29.7 Å². The summed E-state index contributed by atoms with van der Waals surface area (Å²) in [6.07, 6.45) is 1.58. The summed E-state index contributed by atoms with van der Waals surface area (Å²) >= 11 is 0.